The molecule has 0 bridgehead atoms. The van der Waals surface area contributed by atoms with Gasteiger partial charge in [0.2, 0.25) is 0 Å². The van der Waals surface area contributed by atoms with Crippen LogP contribution < -0.4 is 0 Å². The Balaban J connectivity index is 1.22. The number of fused-ring (bicyclic) bond motifs is 6. The second-order valence-electron chi connectivity index (χ2n) is 15.2. The van der Waals surface area contributed by atoms with Crippen molar-refractivity contribution >= 4 is 43.7 Å². The summed E-state index contributed by atoms with van der Waals surface area (Å²) in [6.07, 6.45) is -4.54. The Kier molecular flexibility index (Phi) is 8.42. The zero-order chi connectivity index (χ0) is 41.2. The standard InChI is InChI=1S/C53H33F3N4O/c1-32-23-26-37(44(29-32)53(54,55)56)36-24-27-40-39-17-8-10-21-45(39)60(47(40)31-36)46-28-25-35(38-19-12-20-42-41-18-9-11-22-48(41)61-49(38)42)30-43(46)52-58-50(33-13-4-2-5-14-33)57-51(59-52)34-15-6-3-7-16-34/h2-31H,1H3. The fraction of sp³-hybridized carbons (Fsp3) is 0.0377. The molecule has 0 spiro atoms. The lowest BCUT2D eigenvalue weighted by atomic mass is 9.96. The normalized spacial score (nSPS) is 11.9. The van der Waals surface area contributed by atoms with Gasteiger partial charge < -0.3 is 8.98 Å². The summed E-state index contributed by atoms with van der Waals surface area (Å²) in [6, 6.07) is 58.0. The van der Waals surface area contributed by atoms with Crippen LogP contribution in [0.25, 0.3) is 106 Å². The second kappa shape index (κ2) is 14.2. The molecule has 0 unspecified atom stereocenters. The largest absolute Gasteiger partial charge is 0.455 e. The van der Waals surface area contributed by atoms with Gasteiger partial charge in [0.05, 0.1) is 22.3 Å². The maximum atomic E-state index is 14.6. The first-order chi connectivity index (χ1) is 29.8. The molecule has 0 N–H and O–H groups in total. The highest BCUT2D eigenvalue weighted by molar-refractivity contribution is 6.12. The molecule has 3 aromatic heterocycles. The Morgan fingerprint density at radius 1 is 0.443 bits per heavy atom. The number of para-hydroxylation sites is 3. The quantitative estimate of drug-likeness (QED) is 0.168. The molecule has 11 aromatic rings. The summed E-state index contributed by atoms with van der Waals surface area (Å²) in [5.41, 5.74) is 8.47. The van der Waals surface area contributed by atoms with E-state index in [9.17, 15) is 13.2 Å². The van der Waals surface area contributed by atoms with Crippen molar-refractivity contribution in [2.45, 2.75) is 13.1 Å². The Labute approximate surface area is 348 Å². The van der Waals surface area contributed by atoms with Crippen LogP contribution in [-0.2, 0) is 6.18 Å². The molecule has 61 heavy (non-hydrogen) atoms. The summed E-state index contributed by atoms with van der Waals surface area (Å²) in [4.78, 5) is 15.4. The number of aromatic nitrogens is 4. The van der Waals surface area contributed by atoms with Crippen LogP contribution in [0.2, 0.25) is 0 Å². The van der Waals surface area contributed by atoms with Crippen molar-refractivity contribution in [3.63, 3.8) is 0 Å². The number of rotatable bonds is 6. The van der Waals surface area contributed by atoms with Crippen molar-refractivity contribution in [2.24, 2.45) is 0 Å². The van der Waals surface area contributed by atoms with Crippen LogP contribution in [0.1, 0.15) is 11.1 Å². The highest BCUT2D eigenvalue weighted by atomic mass is 19.4. The topological polar surface area (TPSA) is 56.7 Å². The highest BCUT2D eigenvalue weighted by Gasteiger charge is 2.34. The molecule has 0 aliphatic carbocycles. The highest BCUT2D eigenvalue weighted by Crippen LogP contribution is 2.43. The van der Waals surface area contributed by atoms with Crippen LogP contribution in [0.3, 0.4) is 0 Å². The van der Waals surface area contributed by atoms with E-state index >= 15 is 0 Å². The molecule has 8 heteroatoms. The van der Waals surface area contributed by atoms with Gasteiger partial charge in [0, 0.05) is 43.8 Å². The Bertz CT molecular complexity index is 3420. The molecule has 3 heterocycles. The monoisotopic (exact) mass is 798 g/mol. The van der Waals surface area contributed by atoms with Crippen LogP contribution in [0.5, 0.6) is 0 Å². The lowest BCUT2D eigenvalue weighted by Crippen LogP contribution is -2.07. The van der Waals surface area contributed by atoms with Crippen LogP contribution >= 0.6 is 0 Å². The van der Waals surface area contributed by atoms with Crippen LogP contribution in [0.4, 0.5) is 13.2 Å². The lowest BCUT2D eigenvalue weighted by Gasteiger charge is -2.17. The molecule has 0 saturated carbocycles. The number of hydrogen-bond donors (Lipinski definition) is 0. The predicted molar refractivity (Wildman–Crippen MR) is 238 cm³/mol. The molecule has 8 aromatic carbocycles. The first-order valence-electron chi connectivity index (χ1n) is 19.9. The molecule has 292 valence electrons. The molecule has 0 fully saturated rings. The smallest absolute Gasteiger partial charge is 0.417 e. The number of benzene rings is 8. The average molecular weight is 799 g/mol. The van der Waals surface area contributed by atoms with Crippen molar-refractivity contribution in [1.82, 2.24) is 19.5 Å². The molecule has 0 aliphatic rings. The third-order valence-electron chi connectivity index (χ3n) is 11.4. The Morgan fingerprint density at radius 3 is 1.79 bits per heavy atom. The molecule has 0 radical (unpaired) electrons. The van der Waals surface area contributed by atoms with Gasteiger partial charge in [0.25, 0.3) is 0 Å². The van der Waals surface area contributed by atoms with Gasteiger partial charge in [-0.3, -0.25) is 0 Å². The fourth-order valence-corrected chi connectivity index (χ4v) is 8.52. The third-order valence-corrected chi connectivity index (χ3v) is 11.4. The predicted octanol–water partition coefficient (Wildman–Crippen LogP) is 14.5. The summed E-state index contributed by atoms with van der Waals surface area (Å²) in [5.74, 6) is 1.44. The van der Waals surface area contributed by atoms with Gasteiger partial charge in [-0.25, -0.2) is 15.0 Å². The minimum Gasteiger partial charge on any atom is -0.455 e. The maximum absolute atomic E-state index is 14.6. The van der Waals surface area contributed by atoms with E-state index < -0.39 is 11.7 Å². The summed E-state index contributed by atoms with van der Waals surface area (Å²) in [7, 11) is 0. The summed E-state index contributed by atoms with van der Waals surface area (Å²) in [6.45, 7) is 1.67. The minimum atomic E-state index is -4.54. The van der Waals surface area contributed by atoms with Crippen LogP contribution in [0.15, 0.2) is 186 Å². The van der Waals surface area contributed by atoms with E-state index in [4.69, 9.17) is 19.4 Å². The minimum absolute atomic E-state index is 0.115. The van der Waals surface area contributed by atoms with E-state index in [0.29, 0.717) is 34.2 Å². The molecule has 0 amide bonds. The summed E-state index contributed by atoms with van der Waals surface area (Å²) < 4.78 is 52.4. The number of furan rings is 1. The van der Waals surface area contributed by atoms with E-state index in [0.717, 1.165) is 71.7 Å². The third kappa shape index (κ3) is 6.23. The van der Waals surface area contributed by atoms with Crippen molar-refractivity contribution < 1.29 is 17.6 Å². The van der Waals surface area contributed by atoms with Crippen molar-refractivity contribution in [2.75, 3.05) is 0 Å². The summed E-state index contributed by atoms with van der Waals surface area (Å²) in [5, 5.41) is 3.88. The molecular weight excluding hydrogens is 766 g/mol. The van der Waals surface area contributed by atoms with Crippen molar-refractivity contribution in [1.29, 1.82) is 0 Å². The van der Waals surface area contributed by atoms with Gasteiger partial charge in [-0.15, -0.1) is 0 Å². The first-order valence-corrected chi connectivity index (χ1v) is 19.9. The SMILES string of the molecule is Cc1ccc(-c2ccc3c4ccccc4n(-c4ccc(-c5cccc6c5oc5ccccc56)cc4-c4nc(-c5ccccc5)nc(-c5ccccc5)n4)c3c2)c(C(F)(F)F)c1. The van der Waals surface area contributed by atoms with Gasteiger partial charge in [-0.05, 0) is 60.0 Å². The molecule has 5 nitrogen and oxygen atoms in total. The van der Waals surface area contributed by atoms with Gasteiger partial charge in [-0.2, -0.15) is 13.2 Å². The number of nitrogens with zero attached hydrogens (tertiary/aromatic N) is 4. The number of hydrogen-bond acceptors (Lipinski definition) is 4. The van der Waals surface area contributed by atoms with Gasteiger partial charge in [0.15, 0.2) is 17.5 Å². The number of halogens is 3. The lowest BCUT2D eigenvalue weighted by molar-refractivity contribution is -0.137. The Morgan fingerprint density at radius 2 is 1.05 bits per heavy atom. The van der Waals surface area contributed by atoms with Crippen molar-refractivity contribution in [3.05, 3.63) is 193 Å². The van der Waals surface area contributed by atoms with Gasteiger partial charge in [0.1, 0.15) is 11.2 Å². The van der Waals surface area contributed by atoms with Crippen LogP contribution in [-0.4, -0.2) is 19.5 Å². The summed E-state index contributed by atoms with van der Waals surface area (Å²) >= 11 is 0. The number of alkyl halides is 3. The molecule has 0 saturated heterocycles. The molecule has 0 aliphatic heterocycles. The zero-order valence-electron chi connectivity index (χ0n) is 32.7. The molecule has 0 atom stereocenters. The van der Waals surface area contributed by atoms with E-state index in [1.807, 2.05) is 133 Å². The Hall–Kier alpha value is -7.84. The van der Waals surface area contributed by atoms with E-state index in [1.165, 1.54) is 6.07 Å². The van der Waals surface area contributed by atoms with E-state index in [2.05, 4.69) is 28.8 Å². The fourth-order valence-electron chi connectivity index (χ4n) is 8.52. The van der Waals surface area contributed by atoms with E-state index in [-0.39, 0.29) is 5.56 Å². The van der Waals surface area contributed by atoms with Crippen molar-refractivity contribution in [3.8, 4) is 62.1 Å². The maximum Gasteiger partial charge on any atom is 0.417 e. The second-order valence-corrected chi connectivity index (χ2v) is 15.2. The zero-order valence-corrected chi connectivity index (χ0v) is 32.7. The van der Waals surface area contributed by atoms with E-state index in [1.54, 1.807) is 25.1 Å². The average Bonchev–Trinajstić information content (AvgIpc) is 3.84. The van der Waals surface area contributed by atoms with Crippen LogP contribution in [0, 0.1) is 6.92 Å². The molecular formula is C53H33F3N4O. The first kappa shape index (κ1) is 36.3. The van der Waals surface area contributed by atoms with Gasteiger partial charge in [-0.1, -0.05) is 151 Å². The number of aryl methyl sites for hydroxylation is 1. The molecule has 11 rings (SSSR count). The van der Waals surface area contributed by atoms with Gasteiger partial charge >= 0.3 is 6.18 Å².